The summed E-state index contributed by atoms with van der Waals surface area (Å²) in [4.78, 5) is 42.4. The Morgan fingerprint density at radius 1 is 1.12 bits per heavy atom. The molecule has 9 heteroatoms. The molecule has 0 saturated heterocycles. The molecule has 3 N–H and O–H groups in total. The fraction of sp³-hybridized carbons (Fsp3) is 0.0588. The average molecular weight is 389 g/mol. The summed E-state index contributed by atoms with van der Waals surface area (Å²) in [5.74, 6) is -0.760. The van der Waals surface area contributed by atoms with Gasteiger partial charge in [0.05, 0.1) is 14.9 Å². The van der Waals surface area contributed by atoms with E-state index in [4.69, 9.17) is 11.6 Å². The number of carbonyl (C=O) groups excluding carboxylic acids is 2. The summed E-state index contributed by atoms with van der Waals surface area (Å²) in [6.45, 7) is 1.39. The lowest BCUT2D eigenvalue weighted by molar-refractivity contribution is -0.114. The highest BCUT2D eigenvalue weighted by Gasteiger charge is 2.13. The molecular formula is C17H13ClN4O3S. The molecule has 0 aliphatic carbocycles. The topological polar surface area (TPSA) is 104 Å². The van der Waals surface area contributed by atoms with E-state index < -0.39 is 11.6 Å². The van der Waals surface area contributed by atoms with E-state index in [-0.39, 0.29) is 11.6 Å². The number of halogens is 1. The summed E-state index contributed by atoms with van der Waals surface area (Å²) in [6, 6.07) is 11.6. The highest BCUT2D eigenvalue weighted by molar-refractivity contribution is 7.19. The van der Waals surface area contributed by atoms with Crippen molar-refractivity contribution in [2.75, 3.05) is 10.6 Å². The molecule has 0 aliphatic rings. The van der Waals surface area contributed by atoms with Gasteiger partial charge in [-0.15, -0.1) is 11.3 Å². The van der Waals surface area contributed by atoms with Crippen LogP contribution in [0.5, 0.6) is 0 Å². The second-order valence-electron chi connectivity index (χ2n) is 5.31. The number of aromatic amines is 1. The van der Waals surface area contributed by atoms with Crippen molar-refractivity contribution in [3.63, 3.8) is 0 Å². The third kappa shape index (κ3) is 4.35. The third-order valence-corrected chi connectivity index (χ3v) is 4.52. The van der Waals surface area contributed by atoms with Crippen molar-refractivity contribution in [2.45, 2.75) is 6.92 Å². The zero-order valence-corrected chi connectivity index (χ0v) is 15.1. The van der Waals surface area contributed by atoms with Gasteiger partial charge in [0.15, 0.2) is 0 Å². The molecule has 2 aromatic heterocycles. The molecule has 0 saturated carbocycles. The summed E-state index contributed by atoms with van der Waals surface area (Å²) < 4.78 is 0.568. The molecule has 132 valence electrons. The molecule has 3 rings (SSSR count). The number of nitrogens with zero attached hydrogens (tertiary/aromatic N) is 1. The summed E-state index contributed by atoms with van der Waals surface area (Å²) in [7, 11) is 0. The van der Waals surface area contributed by atoms with Gasteiger partial charge in [0.2, 0.25) is 5.91 Å². The first-order chi connectivity index (χ1) is 12.4. The van der Waals surface area contributed by atoms with Crippen molar-refractivity contribution in [1.29, 1.82) is 0 Å². The molecule has 0 atom stereocenters. The quantitative estimate of drug-likeness (QED) is 0.637. The maximum absolute atomic E-state index is 12.5. The van der Waals surface area contributed by atoms with Gasteiger partial charge in [-0.2, -0.15) is 4.98 Å². The average Bonchev–Trinajstić information content (AvgIpc) is 3.00. The van der Waals surface area contributed by atoms with E-state index in [1.165, 1.54) is 24.3 Å². The number of aromatic nitrogens is 2. The van der Waals surface area contributed by atoms with Crippen LogP contribution in [0.4, 0.5) is 11.4 Å². The van der Waals surface area contributed by atoms with Gasteiger partial charge >= 0.3 is 5.69 Å². The smallest absolute Gasteiger partial charge is 0.326 e. The zero-order chi connectivity index (χ0) is 18.7. The van der Waals surface area contributed by atoms with E-state index in [1.807, 2.05) is 0 Å². The Labute approximate surface area is 157 Å². The maximum atomic E-state index is 12.5. The van der Waals surface area contributed by atoms with Gasteiger partial charge in [-0.25, -0.2) is 4.79 Å². The van der Waals surface area contributed by atoms with E-state index >= 15 is 0 Å². The summed E-state index contributed by atoms with van der Waals surface area (Å²) in [5.41, 5.74) is 0.800. The molecule has 0 radical (unpaired) electrons. The first-order valence-electron chi connectivity index (χ1n) is 7.47. The predicted molar refractivity (Wildman–Crippen MR) is 102 cm³/mol. The van der Waals surface area contributed by atoms with Crippen LogP contribution < -0.4 is 16.3 Å². The lowest BCUT2D eigenvalue weighted by Gasteiger charge is -2.08. The number of amides is 2. The van der Waals surface area contributed by atoms with Crippen LogP contribution in [0.3, 0.4) is 0 Å². The molecule has 26 heavy (non-hydrogen) atoms. The molecule has 7 nitrogen and oxygen atoms in total. The fourth-order valence-corrected chi connectivity index (χ4v) is 3.25. The Hall–Kier alpha value is -2.97. The molecule has 0 bridgehead atoms. The second-order valence-corrected chi connectivity index (χ2v) is 7.02. The Morgan fingerprint density at radius 3 is 2.50 bits per heavy atom. The van der Waals surface area contributed by atoms with Gasteiger partial charge in [0.25, 0.3) is 5.91 Å². The van der Waals surface area contributed by atoms with Crippen LogP contribution in [-0.4, -0.2) is 21.8 Å². The minimum Gasteiger partial charge on any atom is -0.326 e. The molecule has 0 fully saturated rings. The summed E-state index contributed by atoms with van der Waals surface area (Å²) >= 11 is 7.19. The normalized spacial score (nSPS) is 10.4. The number of hydrogen-bond acceptors (Lipinski definition) is 5. The highest BCUT2D eigenvalue weighted by atomic mass is 35.5. The number of thiophene rings is 1. The lowest BCUT2D eigenvalue weighted by Crippen LogP contribution is -2.21. The fourth-order valence-electron chi connectivity index (χ4n) is 2.24. The van der Waals surface area contributed by atoms with E-state index in [0.717, 1.165) is 4.88 Å². The van der Waals surface area contributed by atoms with E-state index in [2.05, 4.69) is 20.6 Å². The van der Waals surface area contributed by atoms with Gasteiger partial charge in [-0.3, -0.25) is 9.59 Å². The van der Waals surface area contributed by atoms with Crippen LogP contribution in [0.2, 0.25) is 4.34 Å². The Morgan fingerprint density at radius 2 is 1.85 bits per heavy atom. The minimum atomic E-state index is -0.635. The van der Waals surface area contributed by atoms with Crippen molar-refractivity contribution in [2.24, 2.45) is 0 Å². The van der Waals surface area contributed by atoms with Crippen molar-refractivity contribution >= 4 is 46.1 Å². The number of nitrogens with one attached hydrogen (secondary N) is 3. The number of H-pyrrole nitrogens is 1. The van der Waals surface area contributed by atoms with Gasteiger partial charge in [0, 0.05) is 18.3 Å². The lowest BCUT2D eigenvalue weighted by atomic mass is 10.2. The maximum Gasteiger partial charge on any atom is 0.346 e. The number of benzene rings is 1. The molecule has 3 aromatic rings. The molecule has 1 aromatic carbocycles. The van der Waals surface area contributed by atoms with Crippen molar-refractivity contribution in [1.82, 2.24) is 9.97 Å². The van der Waals surface area contributed by atoms with Crippen LogP contribution in [0, 0.1) is 0 Å². The van der Waals surface area contributed by atoms with E-state index in [1.54, 1.807) is 36.4 Å². The Bertz CT molecular complexity index is 1040. The highest BCUT2D eigenvalue weighted by Crippen LogP contribution is 2.29. The monoisotopic (exact) mass is 388 g/mol. The van der Waals surface area contributed by atoms with Crippen molar-refractivity contribution in [3.05, 3.63) is 63.0 Å². The number of rotatable bonds is 4. The second kappa shape index (κ2) is 7.51. The van der Waals surface area contributed by atoms with Gasteiger partial charge in [-0.05, 0) is 36.4 Å². The van der Waals surface area contributed by atoms with Gasteiger partial charge < -0.3 is 15.6 Å². The molecule has 0 aliphatic heterocycles. The Kier molecular flexibility index (Phi) is 5.15. The van der Waals surface area contributed by atoms with Crippen LogP contribution in [0.25, 0.3) is 10.6 Å². The SMILES string of the molecule is CC(=O)Nc1cccc(NC(=O)c2cc(-c3ccc(Cl)s3)[nH]c(=O)n2)c1. The number of hydrogen-bond donors (Lipinski definition) is 3. The van der Waals surface area contributed by atoms with Gasteiger partial charge in [0.1, 0.15) is 5.69 Å². The summed E-state index contributed by atoms with van der Waals surface area (Å²) in [6.07, 6.45) is 0. The first-order valence-corrected chi connectivity index (χ1v) is 8.66. The number of carbonyl (C=O) groups is 2. The van der Waals surface area contributed by atoms with Crippen LogP contribution in [0.1, 0.15) is 17.4 Å². The molecule has 2 amide bonds. The van der Waals surface area contributed by atoms with Crippen LogP contribution in [-0.2, 0) is 4.79 Å². The molecule has 2 heterocycles. The van der Waals surface area contributed by atoms with Crippen LogP contribution >= 0.6 is 22.9 Å². The standard InChI is InChI=1S/C17H13ClN4O3S/c1-9(23)19-10-3-2-4-11(7-10)20-16(24)13-8-12(21-17(25)22-13)14-5-6-15(18)26-14/h2-8H,1H3,(H,19,23)(H,20,24)(H,21,22,25). The Balaban J connectivity index is 1.85. The van der Waals surface area contributed by atoms with E-state index in [0.29, 0.717) is 21.4 Å². The number of anilines is 2. The van der Waals surface area contributed by atoms with E-state index in [9.17, 15) is 14.4 Å². The molecule has 0 unspecified atom stereocenters. The van der Waals surface area contributed by atoms with Gasteiger partial charge in [-0.1, -0.05) is 17.7 Å². The summed E-state index contributed by atoms with van der Waals surface area (Å²) in [5, 5.41) is 5.28. The third-order valence-electron chi connectivity index (χ3n) is 3.26. The molecule has 0 spiro atoms. The van der Waals surface area contributed by atoms with Crippen molar-refractivity contribution < 1.29 is 9.59 Å². The predicted octanol–water partition coefficient (Wildman–Crippen LogP) is 3.36. The largest absolute Gasteiger partial charge is 0.346 e. The molecular weight excluding hydrogens is 376 g/mol. The van der Waals surface area contributed by atoms with Crippen LogP contribution in [0.15, 0.2) is 47.3 Å². The minimum absolute atomic E-state index is 0.0294. The first kappa shape index (κ1) is 17.8. The van der Waals surface area contributed by atoms with Crippen molar-refractivity contribution in [3.8, 4) is 10.6 Å². The zero-order valence-electron chi connectivity index (χ0n) is 13.5.